The second kappa shape index (κ2) is 9.38. The molecule has 2 aromatic rings. The molecule has 1 aliphatic carbocycles. The highest BCUT2D eigenvalue weighted by Gasteiger charge is 2.28. The minimum absolute atomic E-state index is 0.00784. The van der Waals surface area contributed by atoms with E-state index in [0.29, 0.717) is 36.8 Å². The number of esters is 1. The molecule has 8 nitrogen and oxygen atoms in total. The van der Waals surface area contributed by atoms with Crippen molar-refractivity contribution < 1.29 is 23.5 Å². The number of ether oxygens (including phenoxy) is 2. The highest BCUT2D eigenvalue weighted by molar-refractivity contribution is 5.95. The summed E-state index contributed by atoms with van der Waals surface area (Å²) in [5.41, 5.74) is 1.38. The van der Waals surface area contributed by atoms with Crippen LogP contribution in [0.5, 0.6) is 0 Å². The van der Waals surface area contributed by atoms with Crippen molar-refractivity contribution in [1.82, 2.24) is 9.97 Å². The van der Waals surface area contributed by atoms with Crippen molar-refractivity contribution >= 4 is 23.5 Å². The molecule has 9 heteroatoms. The van der Waals surface area contributed by atoms with E-state index < -0.39 is 5.82 Å². The largest absolute Gasteiger partial charge is 0.469 e. The van der Waals surface area contributed by atoms with Gasteiger partial charge in [0.1, 0.15) is 12.3 Å². The summed E-state index contributed by atoms with van der Waals surface area (Å²) in [6, 6.07) is 7.07. The number of methoxy groups -OCH3 is 1. The molecule has 164 valence electrons. The predicted molar refractivity (Wildman–Crippen MR) is 112 cm³/mol. The number of carbonyl (C=O) groups is 2. The number of carbonyl (C=O) groups excluding carboxylic acids is 2. The third kappa shape index (κ3) is 4.82. The molecule has 0 bridgehead atoms. The quantitative estimate of drug-likeness (QED) is 0.732. The lowest BCUT2D eigenvalue weighted by Gasteiger charge is -2.28. The maximum Gasteiger partial charge on any atom is 0.308 e. The Morgan fingerprint density at radius 2 is 2.23 bits per heavy atom. The molecule has 1 amide bonds. The van der Waals surface area contributed by atoms with Gasteiger partial charge in [-0.25, -0.2) is 14.4 Å². The number of nitrogens with zero attached hydrogens (tertiary/aromatic N) is 3. The van der Waals surface area contributed by atoms with E-state index in [2.05, 4.69) is 15.3 Å². The predicted octanol–water partition coefficient (Wildman–Crippen LogP) is 2.79. The van der Waals surface area contributed by atoms with E-state index in [0.717, 1.165) is 25.5 Å². The number of morpholine rings is 1. The summed E-state index contributed by atoms with van der Waals surface area (Å²) in [7, 11) is 1.40. The summed E-state index contributed by atoms with van der Waals surface area (Å²) >= 11 is 0. The first-order valence-corrected chi connectivity index (χ1v) is 10.4. The Kier molecular flexibility index (Phi) is 6.41. The second-order valence-corrected chi connectivity index (χ2v) is 7.77. The third-order valence-electron chi connectivity index (χ3n) is 5.70. The molecule has 0 spiro atoms. The van der Waals surface area contributed by atoms with Gasteiger partial charge in [0, 0.05) is 23.8 Å². The molecule has 4 rings (SSSR count). The summed E-state index contributed by atoms with van der Waals surface area (Å²) in [6.07, 6.45) is 4.32. The van der Waals surface area contributed by atoms with Crippen molar-refractivity contribution in [2.75, 3.05) is 37.1 Å². The van der Waals surface area contributed by atoms with Gasteiger partial charge in [-0.3, -0.25) is 9.59 Å². The van der Waals surface area contributed by atoms with E-state index in [1.807, 2.05) is 0 Å². The summed E-state index contributed by atoms with van der Waals surface area (Å²) in [4.78, 5) is 34.1. The van der Waals surface area contributed by atoms with Crippen molar-refractivity contribution in [3.05, 3.63) is 36.3 Å². The number of hydrogen-bond donors (Lipinski definition) is 1. The summed E-state index contributed by atoms with van der Waals surface area (Å²) in [6.45, 7) is 0.943. The number of nitrogens with one attached hydrogen (secondary N) is 1. The number of rotatable bonds is 5. The fourth-order valence-corrected chi connectivity index (χ4v) is 4.14. The minimum atomic E-state index is -0.549. The first-order valence-electron chi connectivity index (χ1n) is 10.4. The Labute approximate surface area is 179 Å². The second-order valence-electron chi connectivity index (χ2n) is 7.77. The van der Waals surface area contributed by atoms with Gasteiger partial charge in [-0.1, -0.05) is 18.6 Å². The molecule has 1 aliphatic heterocycles. The first-order chi connectivity index (χ1) is 15.0. The van der Waals surface area contributed by atoms with Gasteiger partial charge in [-0.05, 0) is 31.4 Å². The molecule has 2 atom stereocenters. The molecule has 2 fully saturated rings. The average molecular weight is 428 g/mol. The normalized spacial score (nSPS) is 21.6. The van der Waals surface area contributed by atoms with Crippen LogP contribution in [0.2, 0.25) is 0 Å². The Bertz CT molecular complexity index is 970. The smallest absolute Gasteiger partial charge is 0.308 e. The highest BCUT2D eigenvalue weighted by Crippen LogP contribution is 2.29. The zero-order valence-electron chi connectivity index (χ0n) is 17.3. The molecule has 0 radical (unpaired) electrons. The van der Waals surface area contributed by atoms with Crippen molar-refractivity contribution in [3.8, 4) is 11.3 Å². The van der Waals surface area contributed by atoms with Crippen molar-refractivity contribution in [2.24, 2.45) is 5.92 Å². The number of aromatic nitrogens is 2. The summed E-state index contributed by atoms with van der Waals surface area (Å²) in [5, 5.41) is 3.23. The molecule has 2 aliphatic rings. The lowest BCUT2D eigenvalue weighted by Crippen LogP contribution is -2.41. The SMILES string of the molecule is COC(=O)C1CCCC(Nc2ncc(F)c(-c3cccc(N4CCOCC4=O)c3)n2)C1. The van der Waals surface area contributed by atoms with Crippen molar-refractivity contribution in [1.29, 1.82) is 0 Å². The van der Waals surface area contributed by atoms with Crippen LogP contribution in [-0.4, -0.2) is 54.8 Å². The zero-order chi connectivity index (χ0) is 21.8. The molecule has 1 aromatic carbocycles. The van der Waals surface area contributed by atoms with Crippen LogP contribution in [0.25, 0.3) is 11.3 Å². The molecule has 1 saturated heterocycles. The van der Waals surface area contributed by atoms with Gasteiger partial charge >= 0.3 is 5.97 Å². The Balaban J connectivity index is 1.54. The summed E-state index contributed by atoms with van der Waals surface area (Å²) in [5.74, 6) is -0.737. The van der Waals surface area contributed by atoms with Gasteiger partial charge in [0.2, 0.25) is 5.95 Å². The average Bonchev–Trinajstić information content (AvgIpc) is 2.80. The number of halogens is 1. The van der Waals surface area contributed by atoms with Gasteiger partial charge in [-0.15, -0.1) is 0 Å². The van der Waals surface area contributed by atoms with E-state index in [1.165, 1.54) is 7.11 Å². The maximum atomic E-state index is 14.6. The van der Waals surface area contributed by atoms with Crippen LogP contribution in [-0.2, 0) is 19.1 Å². The van der Waals surface area contributed by atoms with E-state index >= 15 is 0 Å². The zero-order valence-corrected chi connectivity index (χ0v) is 17.3. The molecule has 31 heavy (non-hydrogen) atoms. The number of amides is 1. The Morgan fingerprint density at radius 3 is 3.03 bits per heavy atom. The molecule has 1 aromatic heterocycles. The van der Waals surface area contributed by atoms with Crippen LogP contribution < -0.4 is 10.2 Å². The molecule has 2 unspecified atom stereocenters. The van der Waals surface area contributed by atoms with Crippen LogP contribution in [0.1, 0.15) is 25.7 Å². The van der Waals surface area contributed by atoms with Gasteiger partial charge in [0.15, 0.2) is 5.82 Å². The standard InChI is InChI=1S/C22H25FN4O4/c1-30-21(29)15-5-2-6-16(10-15)25-22-24-12-18(23)20(26-22)14-4-3-7-17(11-14)27-8-9-31-13-19(27)28/h3-4,7,11-12,15-16H,2,5-6,8-10,13H2,1H3,(H,24,25,26). The molecular weight excluding hydrogens is 403 g/mol. The number of hydrogen-bond acceptors (Lipinski definition) is 7. The van der Waals surface area contributed by atoms with Crippen LogP contribution in [0.15, 0.2) is 30.5 Å². The minimum Gasteiger partial charge on any atom is -0.469 e. The maximum absolute atomic E-state index is 14.6. The van der Waals surface area contributed by atoms with E-state index in [4.69, 9.17) is 9.47 Å². The van der Waals surface area contributed by atoms with Gasteiger partial charge < -0.3 is 19.7 Å². The van der Waals surface area contributed by atoms with Crippen molar-refractivity contribution in [3.63, 3.8) is 0 Å². The van der Waals surface area contributed by atoms with Gasteiger partial charge in [-0.2, -0.15) is 0 Å². The lowest BCUT2D eigenvalue weighted by molar-refractivity contribution is -0.146. The Morgan fingerprint density at radius 1 is 1.35 bits per heavy atom. The fourth-order valence-electron chi connectivity index (χ4n) is 4.14. The molecule has 2 heterocycles. The molecular formula is C22H25FN4O4. The van der Waals surface area contributed by atoms with E-state index in [-0.39, 0.29) is 36.1 Å². The number of benzene rings is 1. The van der Waals surface area contributed by atoms with Gasteiger partial charge in [0.25, 0.3) is 5.91 Å². The van der Waals surface area contributed by atoms with Crippen LogP contribution >= 0.6 is 0 Å². The molecule has 1 N–H and O–H groups in total. The fraction of sp³-hybridized carbons (Fsp3) is 0.455. The van der Waals surface area contributed by atoms with Crippen LogP contribution in [0, 0.1) is 11.7 Å². The molecule has 1 saturated carbocycles. The third-order valence-corrected chi connectivity index (χ3v) is 5.70. The highest BCUT2D eigenvalue weighted by atomic mass is 19.1. The Hall–Kier alpha value is -3.07. The van der Waals surface area contributed by atoms with E-state index in [9.17, 15) is 14.0 Å². The van der Waals surface area contributed by atoms with Crippen LogP contribution in [0.4, 0.5) is 16.0 Å². The lowest BCUT2D eigenvalue weighted by atomic mass is 9.86. The van der Waals surface area contributed by atoms with Crippen molar-refractivity contribution in [2.45, 2.75) is 31.7 Å². The monoisotopic (exact) mass is 428 g/mol. The number of anilines is 2. The van der Waals surface area contributed by atoms with Gasteiger partial charge in [0.05, 0.1) is 25.8 Å². The van der Waals surface area contributed by atoms with E-state index in [1.54, 1.807) is 29.2 Å². The first kappa shape index (κ1) is 21.2. The van der Waals surface area contributed by atoms with Crippen LogP contribution in [0.3, 0.4) is 0 Å². The topological polar surface area (TPSA) is 93.6 Å². The summed E-state index contributed by atoms with van der Waals surface area (Å²) < 4.78 is 24.6.